The Morgan fingerprint density at radius 2 is 1.90 bits per heavy atom. The Hall–Kier alpha value is -1.74. The highest BCUT2D eigenvalue weighted by atomic mass is 35.5. The molecule has 2 nitrogen and oxygen atoms in total. The minimum atomic E-state index is -0.403. The molecule has 1 N–H and O–H groups in total. The van der Waals surface area contributed by atoms with Crippen LogP contribution in [-0.2, 0) is 0 Å². The van der Waals surface area contributed by atoms with Crippen molar-refractivity contribution in [3.63, 3.8) is 0 Å². The van der Waals surface area contributed by atoms with E-state index >= 15 is 0 Å². The topological polar surface area (TPSA) is 21.3 Å². The van der Waals surface area contributed by atoms with Crippen LogP contribution in [0.25, 0.3) is 0 Å². The van der Waals surface area contributed by atoms with E-state index in [-0.39, 0.29) is 5.02 Å². The molecule has 0 heterocycles. The van der Waals surface area contributed by atoms with Crippen LogP contribution < -0.4 is 10.1 Å². The van der Waals surface area contributed by atoms with Gasteiger partial charge in [0.05, 0.1) is 11.6 Å². The molecule has 2 rings (SSSR count). The summed E-state index contributed by atoms with van der Waals surface area (Å²) < 4.78 is 18.6. The minimum absolute atomic E-state index is 0.130. The van der Waals surface area contributed by atoms with E-state index < -0.39 is 5.82 Å². The fraction of sp³-hybridized carbons (Fsp3) is 0.250. The number of nitrogens with one attached hydrogen (secondary N) is 1. The number of ether oxygens (including phenoxy) is 1. The fourth-order valence-corrected chi connectivity index (χ4v) is 1.92. The largest absolute Gasteiger partial charge is 0.494 e. The highest BCUT2D eigenvalue weighted by Gasteiger charge is 2.00. The third-order valence-electron chi connectivity index (χ3n) is 2.86. The van der Waals surface area contributed by atoms with E-state index in [4.69, 9.17) is 16.3 Å². The lowest BCUT2D eigenvalue weighted by Gasteiger charge is -2.09. The number of hydrogen-bond acceptors (Lipinski definition) is 2. The summed E-state index contributed by atoms with van der Waals surface area (Å²) in [5.74, 6) is 0.473. The fourth-order valence-electron chi connectivity index (χ4n) is 1.74. The van der Waals surface area contributed by atoms with E-state index in [0.717, 1.165) is 24.4 Å². The van der Waals surface area contributed by atoms with Gasteiger partial charge in [-0.25, -0.2) is 4.39 Å². The maximum Gasteiger partial charge on any atom is 0.141 e. The van der Waals surface area contributed by atoms with Crippen molar-refractivity contribution < 1.29 is 9.13 Å². The molecule has 0 bridgehead atoms. The third kappa shape index (κ3) is 4.42. The Labute approximate surface area is 123 Å². The van der Waals surface area contributed by atoms with E-state index in [1.165, 1.54) is 11.6 Å². The molecule has 0 saturated heterocycles. The van der Waals surface area contributed by atoms with Crippen molar-refractivity contribution in [2.24, 2.45) is 0 Å². The Morgan fingerprint density at radius 3 is 2.60 bits per heavy atom. The van der Waals surface area contributed by atoms with Crippen molar-refractivity contribution in [2.75, 3.05) is 18.5 Å². The molecule has 0 amide bonds. The van der Waals surface area contributed by atoms with Crippen molar-refractivity contribution in [3.8, 4) is 5.75 Å². The highest BCUT2D eigenvalue weighted by Crippen LogP contribution is 2.19. The first-order valence-electron chi connectivity index (χ1n) is 6.53. The molecule has 0 saturated carbocycles. The van der Waals surface area contributed by atoms with E-state index in [1.807, 2.05) is 31.2 Å². The van der Waals surface area contributed by atoms with E-state index in [9.17, 15) is 4.39 Å². The van der Waals surface area contributed by atoms with Gasteiger partial charge in [0.25, 0.3) is 0 Å². The molecule has 0 atom stereocenters. The summed E-state index contributed by atoms with van der Waals surface area (Å²) in [5, 5.41) is 3.31. The van der Waals surface area contributed by atoms with Crippen molar-refractivity contribution in [3.05, 3.63) is 58.9 Å². The summed E-state index contributed by atoms with van der Waals surface area (Å²) in [7, 11) is 0. The Kier molecular flexibility index (Phi) is 5.24. The first-order chi connectivity index (χ1) is 9.65. The molecule has 2 aromatic rings. The summed E-state index contributed by atoms with van der Waals surface area (Å²) in [5.41, 5.74) is 2.03. The first kappa shape index (κ1) is 14.7. The third-order valence-corrected chi connectivity index (χ3v) is 3.15. The van der Waals surface area contributed by atoms with Gasteiger partial charge >= 0.3 is 0 Å². The zero-order valence-electron chi connectivity index (χ0n) is 11.3. The van der Waals surface area contributed by atoms with Gasteiger partial charge in [-0.05, 0) is 43.7 Å². The van der Waals surface area contributed by atoms with Crippen molar-refractivity contribution in [1.82, 2.24) is 0 Å². The second kappa shape index (κ2) is 7.15. The summed E-state index contributed by atoms with van der Waals surface area (Å²) in [6.07, 6.45) is 0.850. The molecule has 0 aliphatic rings. The molecular formula is C16H17ClFNO. The molecule has 0 aromatic heterocycles. The van der Waals surface area contributed by atoms with Crippen LogP contribution in [0.4, 0.5) is 10.1 Å². The molecule has 0 radical (unpaired) electrons. The van der Waals surface area contributed by atoms with Gasteiger partial charge in [-0.2, -0.15) is 0 Å². The van der Waals surface area contributed by atoms with Crippen LogP contribution in [0, 0.1) is 12.7 Å². The molecule has 106 valence electrons. The quantitative estimate of drug-likeness (QED) is 0.782. The van der Waals surface area contributed by atoms with Crippen LogP contribution in [0.3, 0.4) is 0 Å². The minimum Gasteiger partial charge on any atom is -0.494 e. The zero-order valence-corrected chi connectivity index (χ0v) is 12.1. The van der Waals surface area contributed by atoms with Crippen LogP contribution in [0.2, 0.25) is 5.02 Å². The number of hydrogen-bond donors (Lipinski definition) is 1. The first-order valence-corrected chi connectivity index (χ1v) is 6.91. The Balaban J connectivity index is 1.68. The van der Waals surface area contributed by atoms with Crippen LogP contribution in [0.1, 0.15) is 12.0 Å². The number of benzene rings is 2. The summed E-state index contributed by atoms with van der Waals surface area (Å²) in [6, 6.07) is 12.6. The van der Waals surface area contributed by atoms with Crippen molar-refractivity contribution in [2.45, 2.75) is 13.3 Å². The normalized spacial score (nSPS) is 10.3. The molecule has 0 fully saturated rings. The van der Waals surface area contributed by atoms with Gasteiger partial charge in [-0.3, -0.25) is 0 Å². The van der Waals surface area contributed by atoms with Crippen LogP contribution in [-0.4, -0.2) is 13.2 Å². The van der Waals surface area contributed by atoms with E-state index in [0.29, 0.717) is 6.61 Å². The van der Waals surface area contributed by atoms with Crippen LogP contribution >= 0.6 is 11.6 Å². The van der Waals surface area contributed by atoms with Gasteiger partial charge in [0, 0.05) is 12.2 Å². The molecule has 0 aliphatic carbocycles. The summed E-state index contributed by atoms with van der Waals surface area (Å²) in [4.78, 5) is 0. The number of aryl methyl sites for hydroxylation is 1. The molecule has 0 aliphatic heterocycles. The van der Waals surface area contributed by atoms with Gasteiger partial charge in [0.2, 0.25) is 0 Å². The van der Waals surface area contributed by atoms with E-state index in [1.54, 1.807) is 12.1 Å². The van der Waals surface area contributed by atoms with Crippen LogP contribution in [0.5, 0.6) is 5.75 Å². The summed E-state index contributed by atoms with van der Waals surface area (Å²) >= 11 is 5.71. The van der Waals surface area contributed by atoms with Gasteiger partial charge < -0.3 is 10.1 Å². The summed E-state index contributed by atoms with van der Waals surface area (Å²) in [6.45, 7) is 3.42. The number of halogens is 2. The predicted molar refractivity (Wildman–Crippen MR) is 81.2 cm³/mol. The lowest BCUT2D eigenvalue weighted by molar-refractivity contribution is 0.315. The SMILES string of the molecule is Cc1ccc(OCCCNc2ccc(F)c(Cl)c2)cc1. The van der Waals surface area contributed by atoms with Crippen LogP contribution in [0.15, 0.2) is 42.5 Å². The maximum absolute atomic E-state index is 13.0. The maximum atomic E-state index is 13.0. The average molecular weight is 294 g/mol. The van der Waals surface area contributed by atoms with Gasteiger partial charge in [-0.1, -0.05) is 29.3 Å². The standard InChI is InChI=1S/C16H17ClFNO/c1-12-3-6-14(7-4-12)20-10-2-9-19-13-5-8-16(18)15(17)11-13/h3-8,11,19H,2,9-10H2,1H3. The van der Waals surface area contributed by atoms with Crippen molar-refractivity contribution >= 4 is 17.3 Å². The lowest BCUT2D eigenvalue weighted by Crippen LogP contribution is -2.07. The second-order valence-corrected chi connectivity index (χ2v) is 4.98. The van der Waals surface area contributed by atoms with Gasteiger partial charge in [-0.15, -0.1) is 0 Å². The number of anilines is 1. The Bertz CT molecular complexity index is 557. The smallest absolute Gasteiger partial charge is 0.141 e. The molecule has 0 spiro atoms. The Morgan fingerprint density at radius 1 is 1.15 bits per heavy atom. The number of rotatable bonds is 6. The average Bonchev–Trinajstić information content (AvgIpc) is 2.44. The zero-order chi connectivity index (χ0) is 14.4. The van der Waals surface area contributed by atoms with Gasteiger partial charge in [0.1, 0.15) is 11.6 Å². The second-order valence-electron chi connectivity index (χ2n) is 4.57. The highest BCUT2D eigenvalue weighted by molar-refractivity contribution is 6.31. The predicted octanol–water partition coefficient (Wildman–Crippen LogP) is 4.67. The molecule has 2 aromatic carbocycles. The molecule has 4 heteroatoms. The van der Waals surface area contributed by atoms with E-state index in [2.05, 4.69) is 5.32 Å². The van der Waals surface area contributed by atoms with Gasteiger partial charge in [0.15, 0.2) is 0 Å². The monoisotopic (exact) mass is 293 g/mol. The molecule has 0 unspecified atom stereocenters. The molecule has 20 heavy (non-hydrogen) atoms. The molecular weight excluding hydrogens is 277 g/mol. The lowest BCUT2D eigenvalue weighted by atomic mass is 10.2. The van der Waals surface area contributed by atoms with Crippen molar-refractivity contribution in [1.29, 1.82) is 0 Å².